The van der Waals surface area contributed by atoms with Gasteiger partial charge in [0.1, 0.15) is 0 Å². The summed E-state index contributed by atoms with van der Waals surface area (Å²) in [5, 5.41) is 5.64. The molecule has 2 N–H and O–H groups in total. The highest BCUT2D eigenvalue weighted by atomic mass is 16.5. The first kappa shape index (κ1) is 16.4. The maximum absolute atomic E-state index is 12.8. The molecule has 4 aliphatic rings. The van der Waals surface area contributed by atoms with E-state index in [2.05, 4.69) is 15.6 Å². The van der Waals surface area contributed by atoms with Crippen molar-refractivity contribution in [1.29, 1.82) is 0 Å². The van der Waals surface area contributed by atoms with Gasteiger partial charge >= 0.3 is 0 Å². The SMILES string of the molecule is COc1ccc(NC(=O)CNC(=O)C23CC4CC(CC(C4)C2)C3)cn1. The number of carbonyl (C=O) groups is 2. The molecule has 6 heteroatoms. The normalized spacial score (nSPS) is 32.3. The van der Waals surface area contributed by atoms with E-state index in [-0.39, 0.29) is 23.8 Å². The van der Waals surface area contributed by atoms with Gasteiger partial charge < -0.3 is 15.4 Å². The second-order valence-electron chi connectivity index (χ2n) is 8.02. The summed E-state index contributed by atoms with van der Waals surface area (Å²) in [4.78, 5) is 29.0. The van der Waals surface area contributed by atoms with Crippen LogP contribution in [0.25, 0.3) is 0 Å². The highest BCUT2D eigenvalue weighted by molar-refractivity contribution is 5.95. The Hall–Kier alpha value is -2.11. The van der Waals surface area contributed by atoms with Gasteiger partial charge in [-0.25, -0.2) is 4.98 Å². The van der Waals surface area contributed by atoms with Crippen molar-refractivity contribution < 1.29 is 14.3 Å². The third-order valence-electron chi connectivity index (χ3n) is 6.16. The minimum absolute atomic E-state index is 0.00656. The minimum atomic E-state index is -0.231. The highest BCUT2D eigenvalue weighted by Gasteiger charge is 2.54. The maximum Gasteiger partial charge on any atom is 0.243 e. The summed E-state index contributed by atoms with van der Waals surface area (Å²) in [5.41, 5.74) is 0.381. The molecule has 4 saturated carbocycles. The molecule has 4 aliphatic carbocycles. The van der Waals surface area contributed by atoms with E-state index in [0.717, 1.165) is 37.0 Å². The molecule has 0 atom stereocenters. The van der Waals surface area contributed by atoms with Crippen molar-refractivity contribution in [3.63, 3.8) is 0 Å². The van der Waals surface area contributed by atoms with Gasteiger partial charge in [-0.2, -0.15) is 0 Å². The van der Waals surface area contributed by atoms with Crippen LogP contribution in [-0.2, 0) is 9.59 Å². The zero-order valence-electron chi connectivity index (χ0n) is 14.6. The number of pyridine rings is 1. The van der Waals surface area contributed by atoms with Gasteiger partial charge in [0.05, 0.1) is 25.5 Å². The van der Waals surface area contributed by atoms with E-state index in [0.29, 0.717) is 11.6 Å². The van der Waals surface area contributed by atoms with E-state index >= 15 is 0 Å². The summed E-state index contributed by atoms with van der Waals surface area (Å²) in [6.07, 6.45) is 8.47. The number of nitrogens with zero attached hydrogens (tertiary/aromatic N) is 1. The Labute approximate surface area is 147 Å². The van der Waals surface area contributed by atoms with Crippen molar-refractivity contribution in [2.45, 2.75) is 38.5 Å². The molecular weight excluding hydrogens is 318 g/mol. The van der Waals surface area contributed by atoms with Crippen LogP contribution in [0.5, 0.6) is 5.88 Å². The number of nitrogens with one attached hydrogen (secondary N) is 2. The lowest BCUT2D eigenvalue weighted by Crippen LogP contribution is -2.54. The first-order valence-electron chi connectivity index (χ1n) is 9.14. The molecule has 0 radical (unpaired) electrons. The summed E-state index contributed by atoms with van der Waals surface area (Å²) in [5.74, 6) is 2.50. The van der Waals surface area contributed by atoms with E-state index in [1.54, 1.807) is 19.2 Å². The average Bonchev–Trinajstić information content (AvgIpc) is 2.59. The number of ether oxygens (including phenoxy) is 1. The predicted octanol–water partition coefficient (Wildman–Crippen LogP) is 2.36. The summed E-state index contributed by atoms with van der Waals surface area (Å²) in [6.45, 7) is 0.00656. The molecule has 25 heavy (non-hydrogen) atoms. The fraction of sp³-hybridized carbons (Fsp3) is 0.632. The molecule has 134 valence electrons. The van der Waals surface area contributed by atoms with Crippen LogP contribution in [0.15, 0.2) is 18.3 Å². The van der Waals surface area contributed by atoms with Crippen LogP contribution in [-0.4, -0.2) is 30.5 Å². The van der Waals surface area contributed by atoms with Crippen molar-refractivity contribution in [3.05, 3.63) is 18.3 Å². The molecule has 0 spiro atoms. The molecule has 0 aliphatic heterocycles. The molecule has 6 nitrogen and oxygen atoms in total. The number of aromatic nitrogens is 1. The van der Waals surface area contributed by atoms with E-state index in [9.17, 15) is 9.59 Å². The third-order valence-corrected chi connectivity index (χ3v) is 6.16. The van der Waals surface area contributed by atoms with E-state index in [4.69, 9.17) is 4.74 Å². The quantitative estimate of drug-likeness (QED) is 0.860. The molecule has 1 heterocycles. The molecular formula is C19H25N3O3. The number of hydrogen-bond acceptors (Lipinski definition) is 4. The molecule has 2 amide bonds. The van der Waals surface area contributed by atoms with Crippen LogP contribution in [0.2, 0.25) is 0 Å². The second kappa shape index (κ2) is 6.32. The number of amides is 2. The van der Waals surface area contributed by atoms with E-state index < -0.39 is 0 Å². The molecule has 1 aromatic rings. The summed E-state index contributed by atoms with van der Waals surface area (Å²) in [6, 6.07) is 3.41. The summed E-state index contributed by atoms with van der Waals surface area (Å²) >= 11 is 0. The number of hydrogen-bond donors (Lipinski definition) is 2. The number of anilines is 1. The van der Waals surface area contributed by atoms with E-state index in [1.807, 2.05) is 0 Å². The largest absolute Gasteiger partial charge is 0.481 e. The van der Waals surface area contributed by atoms with E-state index in [1.165, 1.54) is 25.5 Å². The molecule has 4 fully saturated rings. The molecule has 0 saturated heterocycles. The van der Waals surface area contributed by atoms with Crippen molar-refractivity contribution in [1.82, 2.24) is 10.3 Å². The zero-order chi connectivity index (χ0) is 17.4. The van der Waals surface area contributed by atoms with Gasteiger partial charge in [-0.1, -0.05) is 0 Å². The van der Waals surface area contributed by atoms with Crippen molar-refractivity contribution >= 4 is 17.5 Å². The van der Waals surface area contributed by atoms with Gasteiger partial charge in [-0.15, -0.1) is 0 Å². The fourth-order valence-corrected chi connectivity index (χ4v) is 5.52. The van der Waals surface area contributed by atoms with Crippen LogP contribution in [0.3, 0.4) is 0 Å². The summed E-state index contributed by atoms with van der Waals surface area (Å²) < 4.78 is 4.99. The van der Waals surface area contributed by atoms with Gasteiger partial charge in [-0.3, -0.25) is 9.59 Å². The topological polar surface area (TPSA) is 80.3 Å². The highest BCUT2D eigenvalue weighted by Crippen LogP contribution is 2.60. The van der Waals surface area contributed by atoms with Crippen molar-refractivity contribution in [2.75, 3.05) is 19.0 Å². The smallest absolute Gasteiger partial charge is 0.243 e. The maximum atomic E-state index is 12.8. The minimum Gasteiger partial charge on any atom is -0.481 e. The Morgan fingerprint density at radius 1 is 1.16 bits per heavy atom. The van der Waals surface area contributed by atoms with Crippen LogP contribution in [0, 0.1) is 23.2 Å². The molecule has 5 rings (SSSR count). The van der Waals surface area contributed by atoms with Gasteiger partial charge in [0.15, 0.2) is 0 Å². The first-order valence-corrected chi connectivity index (χ1v) is 9.14. The van der Waals surface area contributed by atoms with Crippen molar-refractivity contribution in [2.24, 2.45) is 23.2 Å². The Morgan fingerprint density at radius 2 is 1.80 bits per heavy atom. The Bertz CT molecular complexity index is 636. The van der Waals surface area contributed by atoms with Crippen molar-refractivity contribution in [3.8, 4) is 5.88 Å². The second-order valence-corrected chi connectivity index (χ2v) is 8.02. The standard InChI is InChI=1S/C19H25N3O3/c1-25-17-3-2-15(10-20-17)22-16(23)11-21-18(24)19-7-12-4-13(8-19)6-14(5-12)9-19/h2-3,10,12-14H,4-9,11H2,1H3,(H,21,24)(H,22,23). The van der Waals surface area contributed by atoms with Gasteiger partial charge in [0.2, 0.25) is 17.7 Å². The van der Waals surface area contributed by atoms with Gasteiger partial charge in [-0.05, 0) is 62.3 Å². The Morgan fingerprint density at radius 3 is 2.32 bits per heavy atom. The lowest BCUT2D eigenvalue weighted by atomic mass is 9.49. The lowest BCUT2D eigenvalue weighted by Gasteiger charge is -2.55. The van der Waals surface area contributed by atoms with Crippen LogP contribution < -0.4 is 15.4 Å². The van der Waals surface area contributed by atoms with Gasteiger partial charge in [0, 0.05) is 11.5 Å². The third kappa shape index (κ3) is 3.22. The zero-order valence-corrected chi connectivity index (χ0v) is 14.6. The molecule has 0 aromatic carbocycles. The monoisotopic (exact) mass is 343 g/mol. The average molecular weight is 343 g/mol. The predicted molar refractivity (Wildman–Crippen MR) is 93.0 cm³/mol. The van der Waals surface area contributed by atoms with Crippen LogP contribution in [0.4, 0.5) is 5.69 Å². The van der Waals surface area contributed by atoms with Crippen LogP contribution in [0.1, 0.15) is 38.5 Å². The Balaban J connectivity index is 1.31. The lowest BCUT2D eigenvalue weighted by molar-refractivity contribution is -0.146. The molecule has 1 aromatic heterocycles. The van der Waals surface area contributed by atoms with Crippen LogP contribution >= 0.6 is 0 Å². The summed E-state index contributed by atoms with van der Waals surface area (Å²) in [7, 11) is 1.54. The molecule has 0 unspecified atom stereocenters. The Kier molecular flexibility index (Phi) is 4.13. The number of carbonyl (C=O) groups excluding carboxylic acids is 2. The first-order chi connectivity index (χ1) is 12.1. The van der Waals surface area contributed by atoms with Gasteiger partial charge in [0.25, 0.3) is 0 Å². The number of rotatable bonds is 5. The number of methoxy groups -OCH3 is 1. The molecule has 4 bridgehead atoms. The fourth-order valence-electron chi connectivity index (χ4n) is 5.52.